The number of amides is 1. The number of benzene rings is 1. The second-order valence-corrected chi connectivity index (χ2v) is 9.28. The van der Waals surface area contributed by atoms with Crippen molar-refractivity contribution >= 4 is 11.9 Å². The van der Waals surface area contributed by atoms with Gasteiger partial charge in [0, 0.05) is 42.7 Å². The summed E-state index contributed by atoms with van der Waals surface area (Å²) in [7, 11) is 0. The van der Waals surface area contributed by atoms with Crippen LogP contribution in [0.5, 0.6) is 0 Å². The zero-order chi connectivity index (χ0) is 27.3. The molecule has 0 aliphatic carbocycles. The predicted molar refractivity (Wildman–Crippen MR) is 129 cm³/mol. The van der Waals surface area contributed by atoms with Crippen molar-refractivity contribution in [3.63, 3.8) is 0 Å². The summed E-state index contributed by atoms with van der Waals surface area (Å²) in [6.07, 6.45) is 0.999. The van der Waals surface area contributed by atoms with Gasteiger partial charge < -0.3 is 10.2 Å². The SMILES string of the molecule is O=C(c1ccccc1)N1[C@@H]2CC[C@@]1(c1ncccn1)[C@@](Nc1ncc(C(F)(F)F)cn1)(c1ncccn1)C2F. The van der Waals surface area contributed by atoms with Crippen LogP contribution in [-0.4, -0.2) is 52.9 Å². The van der Waals surface area contributed by atoms with Crippen molar-refractivity contribution in [2.75, 3.05) is 5.32 Å². The Kier molecular flexibility index (Phi) is 5.74. The summed E-state index contributed by atoms with van der Waals surface area (Å²) in [6, 6.07) is 10.6. The number of hydrogen-bond acceptors (Lipinski definition) is 8. The second-order valence-electron chi connectivity index (χ2n) is 9.28. The monoisotopic (exact) mass is 536 g/mol. The summed E-state index contributed by atoms with van der Waals surface area (Å²) in [4.78, 5) is 40.7. The van der Waals surface area contributed by atoms with Gasteiger partial charge in [-0.2, -0.15) is 13.2 Å². The maximum atomic E-state index is 17.0. The summed E-state index contributed by atoms with van der Waals surface area (Å²) in [5, 5.41) is 2.94. The predicted octanol–water partition coefficient (Wildman–Crippen LogP) is 3.93. The average molecular weight is 536 g/mol. The Hall–Kier alpha value is -4.55. The number of carbonyl (C=O) groups excluding carboxylic acids is 1. The molecule has 4 atom stereocenters. The molecule has 2 aliphatic heterocycles. The van der Waals surface area contributed by atoms with Crippen molar-refractivity contribution < 1.29 is 22.4 Å². The molecule has 1 unspecified atom stereocenters. The summed E-state index contributed by atoms with van der Waals surface area (Å²) >= 11 is 0. The van der Waals surface area contributed by atoms with Crippen LogP contribution in [0.1, 0.15) is 40.4 Å². The smallest absolute Gasteiger partial charge is 0.336 e. The first kappa shape index (κ1) is 24.8. The third-order valence-corrected chi connectivity index (χ3v) is 7.33. The van der Waals surface area contributed by atoms with E-state index in [0.29, 0.717) is 18.0 Å². The number of fused-ring (bicyclic) bond motifs is 2. The van der Waals surface area contributed by atoms with Crippen LogP contribution >= 0.6 is 0 Å². The van der Waals surface area contributed by atoms with E-state index in [9.17, 15) is 18.0 Å². The lowest BCUT2D eigenvalue weighted by Gasteiger charge is -2.46. The van der Waals surface area contributed by atoms with E-state index in [-0.39, 0.29) is 30.4 Å². The normalized spacial score (nSPS) is 26.0. The highest BCUT2D eigenvalue weighted by atomic mass is 19.4. The summed E-state index contributed by atoms with van der Waals surface area (Å²) < 4.78 is 56.6. The van der Waals surface area contributed by atoms with E-state index in [4.69, 9.17) is 0 Å². The van der Waals surface area contributed by atoms with Gasteiger partial charge in [0.05, 0.1) is 11.6 Å². The van der Waals surface area contributed by atoms with Crippen molar-refractivity contribution in [1.29, 1.82) is 0 Å². The Bertz CT molecular complexity index is 1480. The molecule has 13 heteroatoms. The number of nitrogens with one attached hydrogen (secondary N) is 1. The summed E-state index contributed by atoms with van der Waals surface area (Å²) in [5.74, 6) is -0.667. The third kappa shape index (κ3) is 3.63. The van der Waals surface area contributed by atoms with Gasteiger partial charge in [0.2, 0.25) is 5.95 Å². The molecular formula is C26H20F4N8O. The molecule has 6 rings (SSSR count). The fourth-order valence-corrected chi connectivity index (χ4v) is 5.78. The van der Waals surface area contributed by atoms with Crippen LogP contribution in [0.15, 0.2) is 79.6 Å². The molecule has 4 aromatic rings. The molecule has 0 spiro atoms. The molecular weight excluding hydrogens is 516 g/mol. The van der Waals surface area contributed by atoms with E-state index < -0.39 is 40.9 Å². The number of halogens is 4. The zero-order valence-electron chi connectivity index (χ0n) is 20.1. The molecule has 39 heavy (non-hydrogen) atoms. The van der Waals surface area contributed by atoms with Gasteiger partial charge in [-0.3, -0.25) is 4.79 Å². The molecule has 1 aromatic carbocycles. The van der Waals surface area contributed by atoms with Gasteiger partial charge >= 0.3 is 6.18 Å². The number of anilines is 1. The Morgan fingerprint density at radius 3 is 2.05 bits per heavy atom. The number of aromatic nitrogens is 6. The van der Waals surface area contributed by atoms with E-state index in [1.54, 1.807) is 42.5 Å². The Balaban J connectivity index is 1.59. The molecule has 1 N–H and O–H groups in total. The highest BCUT2D eigenvalue weighted by Gasteiger charge is 2.78. The van der Waals surface area contributed by atoms with Crippen LogP contribution in [0.25, 0.3) is 0 Å². The number of rotatable bonds is 5. The van der Waals surface area contributed by atoms with E-state index in [1.165, 1.54) is 29.7 Å². The van der Waals surface area contributed by atoms with Crippen LogP contribution < -0.4 is 5.32 Å². The maximum Gasteiger partial charge on any atom is 0.419 e. The standard InChI is InChI=1S/C26H20F4N8O/c27-19-18-8-9-24(21-31-10-4-11-32-21,38(18)20(39)16-6-2-1-3-7-16)25(19,22-33-12-5-13-34-22)37-23-35-14-17(15-36-23)26(28,29)30/h1-7,10-15,18-19H,8-9H2,(H,35,36,37)/t18-,19?,24-,25+/m1/s1. The summed E-state index contributed by atoms with van der Waals surface area (Å²) in [5.41, 5.74) is -4.27. The molecule has 198 valence electrons. The lowest BCUT2D eigenvalue weighted by molar-refractivity contribution is -0.138. The van der Waals surface area contributed by atoms with E-state index in [0.717, 1.165) is 0 Å². The van der Waals surface area contributed by atoms with Crippen LogP contribution in [0.3, 0.4) is 0 Å². The van der Waals surface area contributed by atoms with E-state index in [2.05, 4.69) is 35.2 Å². The fraction of sp³-hybridized carbons (Fsp3) is 0.269. The van der Waals surface area contributed by atoms with Gasteiger partial charge in [0.15, 0.2) is 23.4 Å². The molecule has 1 amide bonds. The Morgan fingerprint density at radius 2 is 1.46 bits per heavy atom. The molecule has 2 aliphatic rings. The number of carbonyl (C=O) groups is 1. The first-order valence-corrected chi connectivity index (χ1v) is 12.0. The third-order valence-electron chi connectivity index (χ3n) is 7.33. The molecule has 0 saturated carbocycles. The van der Waals surface area contributed by atoms with Crippen LogP contribution in [0, 0.1) is 0 Å². The molecule has 2 saturated heterocycles. The lowest BCUT2D eigenvalue weighted by atomic mass is 9.68. The second kappa shape index (κ2) is 9.03. The number of hydrogen-bond donors (Lipinski definition) is 1. The van der Waals surface area contributed by atoms with Gasteiger partial charge in [-0.1, -0.05) is 18.2 Å². The van der Waals surface area contributed by atoms with E-state index >= 15 is 4.39 Å². The maximum absolute atomic E-state index is 17.0. The highest BCUT2D eigenvalue weighted by molar-refractivity contribution is 5.96. The number of alkyl halides is 4. The Morgan fingerprint density at radius 1 is 0.872 bits per heavy atom. The van der Waals surface area contributed by atoms with Gasteiger partial charge in [0.25, 0.3) is 5.91 Å². The van der Waals surface area contributed by atoms with Gasteiger partial charge in [-0.25, -0.2) is 34.3 Å². The molecule has 5 heterocycles. The van der Waals surface area contributed by atoms with Crippen molar-refractivity contribution in [3.8, 4) is 0 Å². The van der Waals surface area contributed by atoms with Gasteiger partial charge in [-0.05, 0) is 37.1 Å². The molecule has 2 bridgehead atoms. The first-order chi connectivity index (χ1) is 18.8. The van der Waals surface area contributed by atoms with E-state index in [1.807, 2.05) is 0 Å². The number of nitrogens with zero attached hydrogens (tertiary/aromatic N) is 7. The zero-order valence-corrected chi connectivity index (χ0v) is 20.1. The van der Waals surface area contributed by atoms with Crippen LogP contribution in [-0.2, 0) is 17.3 Å². The van der Waals surface area contributed by atoms with Crippen molar-refractivity contribution in [1.82, 2.24) is 34.8 Å². The fourth-order valence-electron chi connectivity index (χ4n) is 5.78. The first-order valence-electron chi connectivity index (χ1n) is 12.0. The van der Waals surface area contributed by atoms with Crippen LogP contribution in [0.4, 0.5) is 23.5 Å². The van der Waals surface area contributed by atoms with Crippen molar-refractivity contribution in [3.05, 3.63) is 102 Å². The summed E-state index contributed by atoms with van der Waals surface area (Å²) in [6.45, 7) is 0. The topological polar surface area (TPSA) is 110 Å². The lowest BCUT2D eigenvalue weighted by Crippen LogP contribution is -2.62. The molecule has 2 fully saturated rings. The molecule has 9 nitrogen and oxygen atoms in total. The quantitative estimate of drug-likeness (QED) is 0.382. The van der Waals surface area contributed by atoms with Gasteiger partial charge in [0.1, 0.15) is 5.54 Å². The minimum absolute atomic E-state index is 0.0403. The molecule has 3 aromatic heterocycles. The van der Waals surface area contributed by atoms with Gasteiger partial charge in [-0.15, -0.1) is 0 Å². The minimum atomic E-state index is -4.66. The van der Waals surface area contributed by atoms with Crippen molar-refractivity contribution in [2.45, 2.75) is 42.3 Å². The average Bonchev–Trinajstić information content (AvgIpc) is 3.46. The van der Waals surface area contributed by atoms with Crippen LogP contribution in [0.2, 0.25) is 0 Å². The largest absolute Gasteiger partial charge is 0.419 e. The Labute approximate surface area is 219 Å². The minimum Gasteiger partial charge on any atom is -0.336 e. The van der Waals surface area contributed by atoms with Crippen molar-refractivity contribution in [2.24, 2.45) is 0 Å². The highest BCUT2D eigenvalue weighted by Crippen LogP contribution is 2.63. The molecule has 0 radical (unpaired) electrons.